The van der Waals surface area contributed by atoms with Crippen LogP contribution < -0.4 is 10.5 Å². The van der Waals surface area contributed by atoms with Gasteiger partial charge in [-0.1, -0.05) is 20.8 Å². The first-order valence-electron chi connectivity index (χ1n) is 4.41. The van der Waals surface area contributed by atoms with Gasteiger partial charge in [-0.3, -0.25) is 15.8 Å². The van der Waals surface area contributed by atoms with E-state index < -0.39 is 10.3 Å². The highest BCUT2D eigenvalue weighted by Gasteiger charge is 2.24. The average molecular weight is 211 g/mol. The van der Waals surface area contributed by atoms with E-state index in [1.54, 1.807) is 20.8 Å². The third-order valence-electron chi connectivity index (χ3n) is 2.01. The molecule has 0 amide bonds. The zero-order valence-electron chi connectivity index (χ0n) is 8.85. The summed E-state index contributed by atoms with van der Waals surface area (Å²) in [7, 11) is 0. The number of rotatable bonds is 1. The molecule has 0 atom stereocenters. The summed E-state index contributed by atoms with van der Waals surface area (Å²) in [5, 5.41) is 22.1. The standard InChI is InChI=1S/C9H13N3O3/c1-9(2,3)7-4-6(12(14)15)5-8(10)11(7)13/h4-5H,10H2,1-3H3. The van der Waals surface area contributed by atoms with Gasteiger partial charge < -0.3 is 5.21 Å². The van der Waals surface area contributed by atoms with E-state index in [1.165, 1.54) is 6.07 Å². The number of hydrogen-bond acceptors (Lipinski definition) is 4. The Balaban J connectivity index is 3.45. The van der Waals surface area contributed by atoms with E-state index in [0.29, 0.717) is 4.73 Å². The molecule has 1 aromatic rings. The Morgan fingerprint density at radius 3 is 2.33 bits per heavy atom. The lowest BCUT2D eigenvalue weighted by molar-refractivity contribution is -0.603. The summed E-state index contributed by atoms with van der Waals surface area (Å²) in [4.78, 5) is 10.0. The Labute approximate surface area is 87.1 Å². The summed E-state index contributed by atoms with van der Waals surface area (Å²) < 4.78 is 0.521. The lowest BCUT2D eigenvalue weighted by Crippen LogP contribution is -2.40. The monoisotopic (exact) mass is 211 g/mol. The minimum atomic E-state index is -0.564. The number of nitrogens with zero attached hydrogens (tertiary/aromatic N) is 2. The van der Waals surface area contributed by atoms with Crippen LogP contribution in [0.3, 0.4) is 0 Å². The number of aromatic nitrogens is 1. The molecule has 0 fully saturated rings. The quantitative estimate of drug-likeness (QED) is 0.325. The molecule has 0 bridgehead atoms. The van der Waals surface area contributed by atoms with Gasteiger partial charge in [-0.2, -0.15) is 0 Å². The van der Waals surface area contributed by atoms with Crippen LogP contribution in [0.15, 0.2) is 12.1 Å². The van der Waals surface area contributed by atoms with E-state index in [4.69, 9.17) is 5.73 Å². The smallest absolute Gasteiger partial charge is 0.282 e. The van der Waals surface area contributed by atoms with Crippen molar-refractivity contribution in [2.45, 2.75) is 26.2 Å². The van der Waals surface area contributed by atoms with Crippen molar-refractivity contribution < 1.29 is 9.65 Å². The van der Waals surface area contributed by atoms with Crippen molar-refractivity contribution in [3.05, 3.63) is 33.1 Å². The molecule has 0 saturated carbocycles. The number of nitrogens with two attached hydrogens (primary N) is 1. The van der Waals surface area contributed by atoms with Gasteiger partial charge in [0.05, 0.1) is 11.0 Å². The predicted molar refractivity (Wildman–Crippen MR) is 55.2 cm³/mol. The van der Waals surface area contributed by atoms with Crippen LogP contribution in [-0.2, 0) is 5.41 Å². The Bertz CT molecular complexity index is 410. The molecule has 1 rings (SSSR count). The van der Waals surface area contributed by atoms with Crippen LogP contribution in [0.25, 0.3) is 0 Å². The van der Waals surface area contributed by atoms with Crippen molar-refractivity contribution in [3.63, 3.8) is 0 Å². The molecule has 82 valence electrons. The Hall–Kier alpha value is -1.85. The van der Waals surface area contributed by atoms with E-state index in [-0.39, 0.29) is 17.2 Å². The van der Waals surface area contributed by atoms with Crippen LogP contribution in [0.2, 0.25) is 0 Å². The lowest BCUT2D eigenvalue weighted by atomic mass is 9.91. The van der Waals surface area contributed by atoms with Crippen molar-refractivity contribution in [1.82, 2.24) is 0 Å². The number of hydrogen-bond donors (Lipinski definition) is 1. The normalized spacial score (nSPS) is 11.4. The number of anilines is 1. The fourth-order valence-corrected chi connectivity index (χ4v) is 1.22. The lowest BCUT2D eigenvalue weighted by Gasteiger charge is -2.21. The average Bonchev–Trinajstić information content (AvgIpc) is 2.06. The number of nitro groups is 1. The van der Waals surface area contributed by atoms with Gasteiger partial charge in [0.15, 0.2) is 0 Å². The van der Waals surface area contributed by atoms with Crippen LogP contribution in [0.4, 0.5) is 11.5 Å². The van der Waals surface area contributed by atoms with Crippen molar-refractivity contribution in [3.8, 4) is 0 Å². The van der Waals surface area contributed by atoms with Gasteiger partial charge in [-0.05, 0) is 0 Å². The van der Waals surface area contributed by atoms with Crippen molar-refractivity contribution in [2.24, 2.45) is 0 Å². The molecule has 0 aliphatic rings. The second-order valence-corrected chi connectivity index (χ2v) is 4.33. The highest BCUT2D eigenvalue weighted by Crippen LogP contribution is 2.23. The van der Waals surface area contributed by atoms with Crippen LogP contribution >= 0.6 is 0 Å². The second kappa shape index (κ2) is 3.38. The van der Waals surface area contributed by atoms with Gasteiger partial charge in [0.1, 0.15) is 11.8 Å². The fourth-order valence-electron chi connectivity index (χ4n) is 1.22. The van der Waals surface area contributed by atoms with Gasteiger partial charge in [0, 0.05) is 5.41 Å². The third kappa shape index (κ3) is 2.15. The van der Waals surface area contributed by atoms with E-state index in [1.807, 2.05) is 0 Å². The predicted octanol–water partition coefficient (Wildman–Crippen LogP) is 1.11. The Morgan fingerprint density at radius 2 is 1.93 bits per heavy atom. The zero-order valence-corrected chi connectivity index (χ0v) is 8.85. The molecule has 0 aliphatic heterocycles. The molecule has 0 aliphatic carbocycles. The SMILES string of the molecule is CC(C)(C)c1cc([N+](=O)[O-])cc(N)[n+]1[O-]. The maximum Gasteiger partial charge on any atom is 0.282 e. The largest absolute Gasteiger partial charge is 0.710 e. The molecule has 0 unspecified atom stereocenters. The minimum absolute atomic E-state index is 0.158. The molecular formula is C9H13N3O3. The molecule has 6 heteroatoms. The van der Waals surface area contributed by atoms with Crippen LogP contribution in [-0.4, -0.2) is 4.92 Å². The Kier molecular flexibility index (Phi) is 2.53. The van der Waals surface area contributed by atoms with Gasteiger partial charge in [0.2, 0.25) is 0 Å². The van der Waals surface area contributed by atoms with Gasteiger partial charge in [-0.15, -0.1) is 0 Å². The molecule has 0 saturated heterocycles. The molecule has 0 aromatic carbocycles. The first-order chi connectivity index (χ1) is 6.73. The van der Waals surface area contributed by atoms with Crippen molar-refractivity contribution in [1.29, 1.82) is 0 Å². The van der Waals surface area contributed by atoms with Crippen molar-refractivity contribution >= 4 is 11.5 Å². The molecule has 1 heterocycles. The first kappa shape index (κ1) is 11.2. The van der Waals surface area contributed by atoms with Gasteiger partial charge in [-0.25, -0.2) is 4.73 Å². The highest BCUT2D eigenvalue weighted by molar-refractivity contribution is 5.40. The van der Waals surface area contributed by atoms with Crippen molar-refractivity contribution in [2.75, 3.05) is 5.73 Å². The molecule has 0 spiro atoms. The van der Waals surface area contributed by atoms with E-state index in [0.717, 1.165) is 6.07 Å². The summed E-state index contributed by atoms with van der Waals surface area (Å²) in [5.41, 5.74) is 5.04. The molecule has 6 nitrogen and oxygen atoms in total. The molecule has 2 N–H and O–H groups in total. The Morgan fingerprint density at radius 1 is 1.40 bits per heavy atom. The summed E-state index contributed by atoms with van der Waals surface area (Å²) >= 11 is 0. The summed E-state index contributed by atoms with van der Waals surface area (Å²) in [6.45, 7) is 5.37. The second-order valence-electron chi connectivity index (χ2n) is 4.33. The third-order valence-corrected chi connectivity index (χ3v) is 2.01. The molecule has 1 aromatic heterocycles. The summed E-state index contributed by atoms with van der Waals surface area (Å²) in [5.74, 6) is -0.158. The van der Waals surface area contributed by atoms with Crippen LogP contribution in [0, 0.1) is 15.3 Å². The molecule has 15 heavy (non-hydrogen) atoms. The number of pyridine rings is 1. The van der Waals surface area contributed by atoms with Crippen LogP contribution in [0.1, 0.15) is 26.5 Å². The maximum absolute atomic E-state index is 11.6. The highest BCUT2D eigenvalue weighted by atomic mass is 16.6. The first-order valence-corrected chi connectivity index (χ1v) is 4.41. The maximum atomic E-state index is 11.6. The summed E-state index contributed by atoms with van der Waals surface area (Å²) in [6.07, 6.45) is 0. The molecular weight excluding hydrogens is 198 g/mol. The summed E-state index contributed by atoms with van der Waals surface area (Å²) in [6, 6.07) is 2.31. The van der Waals surface area contributed by atoms with Gasteiger partial charge in [0.25, 0.3) is 11.5 Å². The van der Waals surface area contributed by atoms with E-state index in [2.05, 4.69) is 0 Å². The van der Waals surface area contributed by atoms with E-state index >= 15 is 0 Å². The number of nitrogen functional groups attached to an aromatic ring is 1. The van der Waals surface area contributed by atoms with Gasteiger partial charge >= 0.3 is 0 Å². The minimum Gasteiger partial charge on any atom is -0.710 e. The van der Waals surface area contributed by atoms with E-state index in [9.17, 15) is 15.3 Å². The fraction of sp³-hybridized carbons (Fsp3) is 0.444. The topological polar surface area (TPSA) is 96.1 Å². The van der Waals surface area contributed by atoms with Crippen LogP contribution in [0.5, 0.6) is 0 Å². The zero-order chi connectivity index (χ0) is 11.8. The molecule has 0 radical (unpaired) electrons.